The third kappa shape index (κ3) is 2.59. The molecule has 2 unspecified atom stereocenters. The van der Waals surface area contributed by atoms with Crippen LogP contribution in [0.1, 0.15) is 54.7 Å². The molecule has 4 aliphatic rings. The molecule has 1 heterocycles. The molecule has 0 spiro atoms. The van der Waals surface area contributed by atoms with Gasteiger partial charge in [0.2, 0.25) is 5.95 Å². The van der Waals surface area contributed by atoms with E-state index in [1.165, 1.54) is 6.42 Å². The van der Waals surface area contributed by atoms with Gasteiger partial charge in [0.1, 0.15) is 5.69 Å². The van der Waals surface area contributed by atoms with E-state index in [0.29, 0.717) is 23.5 Å². The van der Waals surface area contributed by atoms with Crippen molar-refractivity contribution in [2.24, 2.45) is 17.6 Å². The standard InChI is InChI=1S/C17H25N5O/c1-10-3-13(21-15(19-2)20-10)14(23)22-17-7-11-4-12(8-17)6-16(18,5-11)9-17/h3,11-12H,4-9,18H2,1-2H3,(H,22,23)(H,19,20,21). The summed E-state index contributed by atoms with van der Waals surface area (Å²) in [4.78, 5) is 21.3. The lowest BCUT2D eigenvalue weighted by Gasteiger charge is -2.61. The molecule has 1 amide bonds. The van der Waals surface area contributed by atoms with Crippen LogP contribution in [0.2, 0.25) is 0 Å². The number of hydrogen-bond acceptors (Lipinski definition) is 5. The highest BCUT2D eigenvalue weighted by molar-refractivity contribution is 5.93. The molecule has 4 aliphatic carbocycles. The minimum atomic E-state index is -0.130. The molecule has 6 nitrogen and oxygen atoms in total. The van der Waals surface area contributed by atoms with Crippen molar-refractivity contribution in [1.29, 1.82) is 0 Å². The number of nitrogens with two attached hydrogens (primary N) is 1. The Bertz CT molecular complexity index is 644. The number of nitrogens with zero attached hydrogens (tertiary/aromatic N) is 2. The van der Waals surface area contributed by atoms with Gasteiger partial charge in [-0.1, -0.05) is 0 Å². The Hall–Kier alpha value is -1.69. The first-order valence-corrected chi connectivity index (χ1v) is 8.54. The lowest BCUT2D eigenvalue weighted by molar-refractivity contribution is -0.0321. The summed E-state index contributed by atoms with van der Waals surface area (Å²) in [7, 11) is 1.76. The quantitative estimate of drug-likeness (QED) is 0.788. The first-order valence-electron chi connectivity index (χ1n) is 8.54. The van der Waals surface area contributed by atoms with E-state index in [9.17, 15) is 4.79 Å². The molecule has 23 heavy (non-hydrogen) atoms. The molecule has 1 aromatic rings. The van der Waals surface area contributed by atoms with Crippen molar-refractivity contribution in [2.45, 2.75) is 56.5 Å². The maximum atomic E-state index is 12.8. The molecule has 4 N–H and O–H groups in total. The highest BCUT2D eigenvalue weighted by atomic mass is 16.2. The lowest BCUT2D eigenvalue weighted by atomic mass is 9.50. The molecular formula is C17H25N5O. The fraction of sp³-hybridized carbons (Fsp3) is 0.706. The van der Waals surface area contributed by atoms with Gasteiger partial charge in [-0.25, -0.2) is 9.97 Å². The fourth-order valence-electron chi connectivity index (χ4n) is 5.58. The Morgan fingerprint density at radius 2 is 1.96 bits per heavy atom. The van der Waals surface area contributed by atoms with Gasteiger partial charge in [-0.2, -0.15) is 0 Å². The molecule has 5 rings (SSSR count). The minimum absolute atomic E-state index is 0.0743. The Kier molecular flexibility index (Phi) is 3.17. The summed E-state index contributed by atoms with van der Waals surface area (Å²) >= 11 is 0. The third-order valence-corrected chi connectivity index (χ3v) is 5.80. The number of aryl methyl sites for hydroxylation is 1. The predicted octanol–water partition coefficient (Wildman–Crippen LogP) is 1.61. The van der Waals surface area contributed by atoms with Crippen LogP contribution in [0.5, 0.6) is 0 Å². The second-order valence-electron chi connectivity index (χ2n) is 8.03. The average Bonchev–Trinajstić information content (AvgIpc) is 2.43. The number of carbonyl (C=O) groups is 1. The second-order valence-corrected chi connectivity index (χ2v) is 8.03. The van der Waals surface area contributed by atoms with Crippen molar-refractivity contribution in [3.63, 3.8) is 0 Å². The maximum absolute atomic E-state index is 12.8. The summed E-state index contributed by atoms with van der Waals surface area (Å²) < 4.78 is 0. The largest absolute Gasteiger partial charge is 0.357 e. The van der Waals surface area contributed by atoms with Crippen LogP contribution in [0.4, 0.5) is 5.95 Å². The predicted molar refractivity (Wildman–Crippen MR) is 88.1 cm³/mol. The molecule has 0 aromatic carbocycles. The van der Waals surface area contributed by atoms with E-state index in [4.69, 9.17) is 5.73 Å². The van der Waals surface area contributed by atoms with Gasteiger partial charge in [0, 0.05) is 23.8 Å². The normalized spacial score (nSPS) is 37.7. The number of aromatic nitrogens is 2. The summed E-state index contributed by atoms with van der Waals surface area (Å²) in [6.45, 7) is 1.87. The Morgan fingerprint density at radius 1 is 1.26 bits per heavy atom. The fourth-order valence-corrected chi connectivity index (χ4v) is 5.58. The van der Waals surface area contributed by atoms with Gasteiger partial charge in [-0.3, -0.25) is 4.79 Å². The second kappa shape index (κ2) is 4.90. The number of nitrogens with one attached hydrogen (secondary N) is 2. The zero-order chi connectivity index (χ0) is 16.2. The Morgan fingerprint density at radius 3 is 2.57 bits per heavy atom. The van der Waals surface area contributed by atoms with Gasteiger partial charge in [0.15, 0.2) is 0 Å². The van der Waals surface area contributed by atoms with Crippen molar-refractivity contribution in [3.8, 4) is 0 Å². The number of amides is 1. The van der Waals surface area contributed by atoms with Gasteiger partial charge in [0.05, 0.1) is 0 Å². The van der Waals surface area contributed by atoms with E-state index in [1.54, 1.807) is 13.1 Å². The van der Waals surface area contributed by atoms with Crippen LogP contribution < -0.4 is 16.4 Å². The summed E-state index contributed by atoms with van der Waals surface area (Å²) in [5.41, 5.74) is 7.62. The van der Waals surface area contributed by atoms with Gasteiger partial charge < -0.3 is 16.4 Å². The average molecular weight is 315 g/mol. The highest BCUT2D eigenvalue weighted by Crippen LogP contribution is 2.56. The van der Waals surface area contributed by atoms with E-state index in [1.807, 2.05) is 6.92 Å². The van der Waals surface area contributed by atoms with Crippen molar-refractivity contribution in [2.75, 3.05) is 12.4 Å². The molecule has 4 fully saturated rings. The van der Waals surface area contributed by atoms with Crippen LogP contribution in [0.3, 0.4) is 0 Å². The van der Waals surface area contributed by atoms with Gasteiger partial charge in [-0.15, -0.1) is 0 Å². The van der Waals surface area contributed by atoms with Crippen LogP contribution in [0, 0.1) is 18.8 Å². The number of anilines is 1. The first kappa shape index (κ1) is 14.9. The van der Waals surface area contributed by atoms with Crippen molar-refractivity contribution in [3.05, 3.63) is 17.5 Å². The molecule has 6 heteroatoms. The van der Waals surface area contributed by atoms with Crippen LogP contribution in [-0.4, -0.2) is 34.0 Å². The Balaban J connectivity index is 1.58. The summed E-state index contributed by atoms with van der Waals surface area (Å²) in [5, 5.41) is 6.21. The Labute approximate surface area is 136 Å². The first-order chi connectivity index (χ1) is 10.9. The van der Waals surface area contributed by atoms with E-state index >= 15 is 0 Å². The lowest BCUT2D eigenvalue weighted by Crippen LogP contribution is -2.68. The maximum Gasteiger partial charge on any atom is 0.270 e. The van der Waals surface area contributed by atoms with Crippen LogP contribution in [0.15, 0.2) is 6.07 Å². The molecule has 0 radical (unpaired) electrons. The van der Waals surface area contributed by atoms with Crippen molar-refractivity contribution < 1.29 is 4.79 Å². The van der Waals surface area contributed by atoms with Crippen LogP contribution in [-0.2, 0) is 0 Å². The van der Waals surface area contributed by atoms with Gasteiger partial charge in [0.25, 0.3) is 5.91 Å². The molecule has 4 bridgehead atoms. The number of carbonyl (C=O) groups excluding carboxylic acids is 1. The smallest absolute Gasteiger partial charge is 0.270 e. The minimum Gasteiger partial charge on any atom is -0.357 e. The topological polar surface area (TPSA) is 92.9 Å². The SMILES string of the molecule is CNc1nc(C)cc(C(=O)NC23CC4CC(CC(N)(C4)C2)C3)n1. The van der Waals surface area contributed by atoms with Crippen LogP contribution >= 0.6 is 0 Å². The molecule has 0 saturated heterocycles. The zero-order valence-corrected chi connectivity index (χ0v) is 13.9. The molecular weight excluding hydrogens is 290 g/mol. The van der Waals surface area contributed by atoms with Crippen molar-refractivity contribution in [1.82, 2.24) is 15.3 Å². The van der Waals surface area contributed by atoms with E-state index < -0.39 is 0 Å². The monoisotopic (exact) mass is 315 g/mol. The highest BCUT2D eigenvalue weighted by Gasteiger charge is 2.56. The van der Waals surface area contributed by atoms with Crippen molar-refractivity contribution >= 4 is 11.9 Å². The molecule has 4 saturated carbocycles. The molecule has 2 atom stereocenters. The zero-order valence-electron chi connectivity index (χ0n) is 13.9. The summed E-state index contributed by atoms with van der Waals surface area (Å²) in [6.07, 6.45) is 6.57. The van der Waals surface area contributed by atoms with Crippen LogP contribution in [0.25, 0.3) is 0 Å². The van der Waals surface area contributed by atoms with E-state index in [0.717, 1.165) is 37.8 Å². The molecule has 1 aromatic heterocycles. The molecule has 0 aliphatic heterocycles. The van der Waals surface area contributed by atoms with E-state index in [2.05, 4.69) is 20.6 Å². The third-order valence-electron chi connectivity index (χ3n) is 5.80. The van der Waals surface area contributed by atoms with Gasteiger partial charge >= 0.3 is 0 Å². The number of rotatable bonds is 3. The number of hydrogen-bond donors (Lipinski definition) is 3. The molecule has 124 valence electrons. The van der Waals surface area contributed by atoms with Gasteiger partial charge in [-0.05, 0) is 63.4 Å². The summed E-state index contributed by atoms with van der Waals surface area (Å²) in [5.74, 6) is 1.72. The van der Waals surface area contributed by atoms with E-state index in [-0.39, 0.29) is 17.0 Å². The summed E-state index contributed by atoms with van der Waals surface area (Å²) in [6, 6.07) is 1.74.